The van der Waals surface area contributed by atoms with Gasteiger partial charge in [0.15, 0.2) is 0 Å². The first-order valence-corrected chi connectivity index (χ1v) is 6.45. The summed E-state index contributed by atoms with van der Waals surface area (Å²) in [5.74, 6) is 0. The first-order valence-electron chi connectivity index (χ1n) is 5.34. The Kier molecular flexibility index (Phi) is 3.51. The number of aromatic nitrogens is 2. The van der Waals surface area contributed by atoms with E-state index in [1.54, 1.807) is 19.9 Å². The third-order valence-corrected chi connectivity index (χ3v) is 3.27. The van der Waals surface area contributed by atoms with Gasteiger partial charge < -0.3 is 10.4 Å². The van der Waals surface area contributed by atoms with Gasteiger partial charge in [-0.1, -0.05) is 11.6 Å². The van der Waals surface area contributed by atoms with Gasteiger partial charge in [0.25, 0.3) is 0 Å². The molecule has 2 N–H and O–H groups in total. The van der Waals surface area contributed by atoms with Crippen molar-refractivity contribution in [3.05, 3.63) is 17.2 Å². The minimum Gasteiger partial charge on any atom is -0.390 e. The van der Waals surface area contributed by atoms with E-state index in [1.807, 2.05) is 6.07 Å². The van der Waals surface area contributed by atoms with E-state index in [2.05, 4.69) is 14.1 Å². The minimum atomic E-state index is -0.687. The summed E-state index contributed by atoms with van der Waals surface area (Å²) >= 11 is 7.29. The largest absolute Gasteiger partial charge is 0.390 e. The van der Waals surface area contributed by atoms with Crippen molar-refractivity contribution in [3.8, 4) is 0 Å². The highest BCUT2D eigenvalue weighted by molar-refractivity contribution is 7.00. The van der Waals surface area contributed by atoms with E-state index in [9.17, 15) is 5.11 Å². The Morgan fingerprint density at radius 1 is 1.41 bits per heavy atom. The van der Waals surface area contributed by atoms with Gasteiger partial charge >= 0.3 is 0 Å². The summed E-state index contributed by atoms with van der Waals surface area (Å²) < 4.78 is 8.38. The smallest absolute Gasteiger partial charge is 0.129 e. The van der Waals surface area contributed by atoms with Crippen LogP contribution in [-0.4, -0.2) is 26.0 Å². The molecule has 92 valence electrons. The maximum absolute atomic E-state index is 9.64. The molecule has 0 aliphatic carbocycles. The fraction of sp³-hybridized carbons (Fsp3) is 0.455. The second-order valence-corrected chi connectivity index (χ2v) is 5.48. The minimum absolute atomic E-state index is 0.626. The lowest BCUT2D eigenvalue weighted by Crippen LogP contribution is -2.22. The zero-order valence-electron chi connectivity index (χ0n) is 9.70. The molecule has 1 aromatic carbocycles. The second kappa shape index (κ2) is 4.76. The van der Waals surface area contributed by atoms with Gasteiger partial charge in [-0.25, -0.2) is 0 Å². The van der Waals surface area contributed by atoms with Gasteiger partial charge in [0.2, 0.25) is 0 Å². The zero-order chi connectivity index (χ0) is 12.5. The Labute approximate surface area is 109 Å². The van der Waals surface area contributed by atoms with Gasteiger partial charge in [-0.2, -0.15) is 8.75 Å². The molecule has 17 heavy (non-hydrogen) atoms. The van der Waals surface area contributed by atoms with Crippen LogP contribution < -0.4 is 5.32 Å². The van der Waals surface area contributed by atoms with Crippen LogP contribution in [-0.2, 0) is 0 Å². The third-order valence-electron chi connectivity index (χ3n) is 2.42. The summed E-state index contributed by atoms with van der Waals surface area (Å²) in [5.41, 5.74) is 1.74. The van der Waals surface area contributed by atoms with Crippen molar-refractivity contribution in [2.24, 2.45) is 0 Å². The van der Waals surface area contributed by atoms with Crippen molar-refractivity contribution >= 4 is 40.0 Å². The Morgan fingerprint density at radius 2 is 2.18 bits per heavy atom. The summed E-state index contributed by atoms with van der Waals surface area (Å²) in [6, 6.07) is 3.65. The molecule has 4 nitrogen and oxygen atoms in total. The molecule has 0 unspecified atom stereocenters. The summed E-state index contributed by atoms with van der Waals surface area (Å²) in [6.07, 6.45) is 0.636. The third kappa shape index (κ3) is 3.06. The molecule has 0 radical (unpaired) electrons. The van der Waals surface area contributed by atoms with E-state index < -0.39 is 5.60 Å². The average molecular weight is 272 g/mol. The number of benzene rings is 1. The topological polar surface area (TPSA) is 58.0 Å². The van der Waals surface area contributed by atoms with Crippen molar-refractivity contribution in [3.63, 3.8) is 0 Å². The number of nitrogens with zero attached hydrogens (tertiary/aromatic N) is 2. The highest BCUT2D eigenvalue weighted by Gasteiger charge is 2.13. The molecule has 0 saturated heterocycles. The van der Waals surface area contributed by atoms with Crippen LogP contribution in [0, 0.1) is 0 Å². The fourth-order valence-corrected chi connectivity index (χ4v) is 2.25. The van der Waals surface area contributed by atoms with Crippen LogP contribution in [0.15, 0.2) is 12.1 Å². The van der Waals surface area contributed by atoms with Gasteiger partial charge in [0, 0.05) is 6.54 Å². The van der Waals surface area contributed by atoms with Crippen molar-refractivity contribution < 1.29 is 5.11 Å². The van der Waals surface area contributed by atoms with Crippen molar-refractivity contribution in [2.45, 2.75) is 25.9 Å². The zero-order valence-corrected chi connectivity index (χ0v) is 11.3. The number of anilines is 1. The van der Waals surface area contributed by atoms with Crippen LogP contribution in [0.1, 0.15) is 20.3 Å². The van der Waals surface area contributed by atoms with E-state index in [4.69, 9.17) is 11.6 Å². The Hall–Kier alpha value is -0.910. The molecular formula is C11H14ClN3OS. The van der Waals surface area contributed by atoms with Crippen molar-refractivity contribution in [1.82, 2.24) is 8.75 Å². The second-order valence-electron chi connectivity index (χ2n) is 4.54. The highest BCUT2D eigenvalue weighted by atomic mass is 35.5. The lowest BCUT2D eigenvalue weighted by Gasteiger charge is -2.17. The van der Waals surface area contributed by atoms with Gasteiger partial charge in [0.05, 0.1) is 28.0 Å². The summed E-state index contributed by atoms with van der Waals surface area (Å²) in [6.45, 7) is 4.20. The summed E-state index contributed by atoms with van der Waals surface area (Å²) in [7, 11) is 0. The quantitative estimate of drug-likeness (QED) is 0.898. The van der Waals surface area contributed by atoms with Crippen LogP contribution in [0.4, 0.5) is 5.69 Å². The lowest BCUT2D eigenvalue weighted by molar-refractivity contribution is 0.0749. The molecule has 0 amide bonds. The molecule has 2 aromatic rings. The SMILES string of the molecule is CC(C)(O)CCNc1c(Cl)ccc2nsnc12. The highest BCUT2D eigenvalue weighted by Crippen LogP contribution is 2.29. The van der Waals surface area contributed by atoms with E-state index >= 15 is 0 Å². The Morgan fingerprint density at radius 3 is 2.88 bits per heavy atom. The number of fused-ring (bicyclic) bond motifs is 1. The maximum atomic E-state index is 9.64. The number of aliphatic hydroxyl groups is 1. The maximum Gasteiger partial charge on any atom is 0.129 e. The molecular weight excluding hydrogens is 258 g/mol. The predicted octanol–water partition coefficient (Wildman–Crippen LogP) is 2.92. The lowest BCUT2D eigenvalue weighted by atomic mass is 10.1. The van der Waals surface area contributed by atoms with Gasteiger partial charge in [-0.05, 0) is 32.4 Å². The molecule has 0 saturated carbocycles. The number of hydrogen-bond donors (Lipinski definition) is 2. The molecule has 2 rings (SSSR count). The Balaban J connectivity index is 2.17. The number of halogens is 1. The number of nitrogens with one attached hydrogen (secondary N) is 1. The molecule has 1 heterocycles. The van der Waals surface area contributed by atoms with Crippen LogP contribution in [0.25, 0.3) is 11.0 Å². The normalized spacial score (nSPS) is 12.0. The van der Waals surface area contributed by atoms with E-state index in [1.165, 1.54) is 11.7 Å². The number of rotatable bonds is 4. The monoisotopic (exact) mass is 271 g/mol. The van der Waals surface area contributed by atoms with Gasteiger partial charge in [0.1, 0.15) is 11.0 Å². The molecule has 0 aliphatic heterocycles. The molecule has 1 aromatic heterocycles. The van der Waals surface area contributed by atoms with Crippen molar-refractivity contribution in [1.29, 1.82) is 0 Å². The van der Waals surface area contributed by atoms with E-state index in [0.29, 0.717) is 18.0 Å². The standard InChI is InChI=1S/C11H14ClN3OS/c1-11(2,16)5-6-13-9-7(12)3-4-8-10(9)15-17-14-8/h3-4,13,16H,5-6H2,1-2H3. The molecule has 0 bridgehead atoms. The summed E-state index contributed by atoms with van der Waals surface area (Å²) in [4.78, 5) is 0. The molecule has 0 spiro atoms. The predicted molar refractivity (Wildman–Crippen MR) is 71.8 cm³/mol. The van der Waals surface area contributed by atoms with Crippen LogP contribution in [0.2, 0.25) is 5.02 Å². The van der Waals surface area contributed by atoms with Crippen molar-refractivity contribution in [2.75, 3.05) is 11.9 Å². The molecule has 0 aliphatic rings. The van der Waals surface area contributed by atoms with Crippen LogP contribution in [0.5, 0.6) is 0 Å². The first-order chi connectivity index (χ1) is 7.97. The average Bonchev–Trinajstić information content (AvgIpc) is 2.67. The fourth-order valence-electron chi connectivity index (χ4n) is 1.49. The van der Waals surface area contributed by atoms with E-state index in [0.717, 1.165) is 16.7 Å². The van der Waals surface area contributed by atoms with Gasteiger partial charge in [-0.3, -0.25) is 0 Å². The van der Waals surface area contributed by atoms with Crippen LogP contribution >= 0.6 is 23.3 Å². The molecule has 0 atom stereocenters. The summed E-state index contributed by atoms with van der Waals surface area (Å²) in [5, 5.41) is 13.5. The number of hydrogen-bond acceptors (Lipinski definition) is 5. The molecule has 0 fully saturated rings. The van der Waals surface area contributed by atoms with Crippen LogP contribution in [0.3, 0.4) is 0 Å². The van der Waals surface area contributed by atoms with E-state index in [-0.39, 0.29) is 0 Å². The van der Waals surface area contributed by atoms with Gasteiger partial charge in [-0.15, -0.1) is 0 Å². The molecule has 6 heteroatoms. The first kappa shape index (κ1) is 12.5. The Bertz CT molecular complexity index is 521.